The van der Waals surface area contributed by atoms with Gasteiger partial charge in [0.2, 0.25) is 5.95 Å². The lowest BCUT2D eigenvalue weighted by atomic mass is 9.60. The lowest BCUT2D eigenvalue weighted by Crippen LogP contribution is -2.48. The van der Waals surface area contributed by atoms with Gasteiger partial charge in [0.25, 0.3) is 0 Å². The molecule has 7 nitrogen and oxygen atoms in total. The maximum absolute atomic E-state index is 12.6. The molecule has 148 valence electrons. The van der Waals surface area contributed by atoms with Crippen LogP contribution in [0, 0.1) is 5.92 Å². The first kappa shape index (κ1) is 18.4. The van der Waals surface area contributed by atoms with Crippen LogP contribution in [-0.2, 0) is 16.2 Å². The van der Waals surface area contributed by atoms with E-state index in [1.165, 1.54) is 0 Å². The highest BCUT2D eigenvalue weighted by molar-refractivity contribution is 7.85. The Morgan fingerprint density at radius 3 is 2.57 bits per heavy atom. The van der Waals surface area contributed by atoms with Gasteiger partial charge in [0.1, 0.15) is 5.82 Å². The zero-order chi connectivity index (χ0) is 19.3. The van der Waals surface area contributed by atoms with Crippen molar-refractivity contribution in [1.82, 2.24) is 19.9 Å². The van der Waals surface area contributed by atoms with E-state index in [4.69, 9.17) is 16.6 Å². The molecule has 2 aliphatic heterocycles. The molecule has 3 atom stereocenters. The third-order valence-electron chi connectivity index (χ3n) is 6.57. The van der Waals surface area contributed by atoms with Crippen LogP contribution in [0.3, 0.4) is 0 Å². The summed E-state index contributed by atoms with van der Waals surface area (Å²) in [5.41, 5.74) is 0.687. The maximum atomic E-state index is 12.6. The minimum atomic E-state index is -1.07. The van der Waals surface area contributed by atoms with E-state index >= 15 is 0 Å². The average molecular weight is 420 g/mol. The molecule has 0 aromatic carbocycles. The smallest absolute Gasteiger partial charge is 0.225 e. The number of anilines is 1. The van der Waals surface area contributed by atoms with Gasteiger partial charge in [-0.2, -0.15) is 0 Å². The molecule has 0 radical (unpaired) electrons. The molecule has 1 aliphatic carbocycles. The summed E-state index contributed by atoms with van der Waals surface area (Å²) in [6.07, 6.45) is 8.81. The molecule has 2 aromatic rings. The number of halogens is 1. The molecule has 28 heavy (non-hydrogen) atoms. The van der Waals surface area contributed by atoms with Crippen LogP contribution in [0.5, 0.6) is 0 Å². The van der Waals surface area contributed by atoms with Gasteiger partial charge >= 0.3 is 0 Å². The molecule has 2 unspecified atom stereocenters. The fourth-order valence-corrected chi connectivity index (χ4v) is 6.63. The molecule has 0 bridgehead atoms. The highest BCUT2D eigenvalue weighted by Crippen LogP contribution is 2.54. The van der Waals surface area contributed by atoms with Crippen molar-refractivity contribution in [2.75, 3.05) is 30.3 Å². The van der Waals surface area contributed by atoms with Crippen molar-refractivity contribution in [3.05, 3.63) is 35.1 Å². The molecule has 1 saturated heterocycles. The van der Waals surface area contributed by atoms with E-state index < -0.39 is 10.8 Å². The van der Waals surface area contributed by atoms with Crippen LogP contribution >= 0.6 is 11.6 Å². The number of aromatic nitrogens is 4. The SMILES string of the molecule is O=[S@]1CC2(CCC2CO)c2nc(N3CCC(c4ncc(Cl)cn4)CC3)ncc21. The number of rotatable bonds is 3. The topological polar surface area (TPSA) is 92.1 Å². The van der Waals surface area contributed by atoms with Crippen LogP contribution in [0.15, 0.2) is 23.5 Å². The molecule has 2 aromatic heterocycles. The van der Waals surface area contributed by atoms with Crippen LogP contribution in [0.25, 0.3) is 0 Å². The Morgan fingerprint density at radius 1 is 1.18 bits per heavy atom. The Labute approximate surface area is 171 Å². The number of hydrogen-bond donors (Lipinski definition) is 1. The molecule has 9 heteroatoms. The van der Waals surface area contributed by atoms with Crippen LogP contribution in [-0.4, -0.2) is 54.7 Å². The Morgan fingerprint density at radius 2 is 1.93 bits per heavy atom. The Bertz CT molecular complexity index is 917. The first-order valence-electron chi connectivity index (χ1n) is 9.70. The molecule has 1 spiro atoms. The van der Waals surface area contributed by atoms with Gasteiger partial charge in [-0.15, -0.1) is 0 Å². The lowest BCUT2D eigenvalue weighted by molar-refractivity contribution is 0.0696. The zero-order valence-electron chi connectivity index (χ0n) is 15.4. The maximum Gasteiger partial charge on any atom is 0.225 e. The molecule has 0 amide bonds. The quantitative estimate of drug-likeness (QED) is 0.813. The predicted octanol–water partition coefficient (Wildman–Crippen LogP) is 2.07. The van der Waals surface area contributed by atoms with Crippen molar-refractivity contribution in [2.45, 2.75) is 41.9 Å². The van der Waals surface area contributed by atoms with Crippen LogP contribution in [0.4, 0.5) is 5.95 Å². The van der Waals surface area contributed by atoms with Gasteiger partial charge in [0.05, 0.1) is 26.4 Å². The van der Waals surface area contributed by atoms with Gasteiger partial charge in [-0.05, 0) is 31.6 Å². The van der Waals surface area contributed by atoms with E-state index in [1.807, 2.05) is 0 Å². The Balaban J connectivity index is 1.35. The summed E-state index contributed by atoms with van der Waals surface area (Å²) < 4.78 is 12.6. The van der Waals surface area contributed by atoms with Gasteiger partial charge < -0.3 is 10.0 Å². The second-order valence-electron chi connectivity index (χ2n) is 7.97. The Hall–Kier alpha value is -1.64. The monoisotopic (exact) mass is 419 g/mol. The number of piperidine rings is 1. The standard InChI is InChI=1S/C19H22ClN5O2S/c20-14-7-21-17(22-8-14)12-2-5-25(6-3-12)18-23-9-15-16(24-18)19(11-28(15)27)4-1-13(19)10-26/h7-9,12-13,26H,1-6,10-11H2/t13?,19?,28-/m0/s1. The molecule has 1 N–H and O–H groups in total. The fraction of sp³-hybridized carbons (Fsp3) is 0.579. The summed E-state index contributed by atoms with van der Waals surface area (Å²) in [4.78, 5) is 21.1. The van der Waals surface area contributed by atoms with Crippen molar-refractivity contribution in [3.8, 4) is 0 Å². The average Bonchev–Trinajstić information content (AvgIpc) is 3.02. The van der Waals surface area contributed by atoms with Crippen LogP contribution < -0.4 is 4.90 Å². The van der Waals surface area contributed by atoms with E-state index in [1.54, 1.807) is 18.6 Å². The zero-order valence-corrected chi connectivity index (χ0v) is 17.0. The number of aliphatic hydroxyl groups is 1. The summed E-state index contributed by atoms with van der Waals surface area (Å²) in [5, 5.41) is 10.3. The fourth-order valence-electron chi connectivity index (χ4n) is 4.75. The molecular weight excluding hydrogens is 398 g/mol. The molecule has 2 fully saturated rings. The van der Waals surface area contributed by atoms with Crippen molar-refractivity contribution in [2.24, 2.45) is 5.92 Å². The molecule has 5 rings (SSSR count). The predicted molar refractivity (Wildman–Crippen MR) is 106 cm³/mol. The van der Waals surface area contributed by atoms with E-state index in [0.717, 1.165) is 55.2 Å². The van der Waals surface area contributed by atoms with Gasteiger partial charge in [-0.25, -0.2) is 19.9 Å². The second kappa shape index (κ2) is 7.00. The highest BCUT2D eigenvalue weighted by atomic mass is 35.5. The molecular formula is C19H22ClN5O2S. The highest BCUT2D eigenvalue weighted by Gasteiger charge is 2.55. The molecule has 4 heterocycles. The minimum absolute atomic E-state index is 0.127. The number of aliphatic hydroxyl groups excluding tert-OH is 1. The third-order valence-corrected chi connectivity index (χ3v) is 8.33. The van der Waals surface area contributed by atoms with Crippen molar-refractivity contribution >= 4 is 28.3 Å². The van der Waals surface area contributed by atoms with Gasteiger partial charge in [0.15, 0.2) is 0 Å². The molecule has 3 aliphatic rings. The summed E-state index contributed by atoms with van der Waals surface area (Å²) in [5.74, 6) is 2.59. The lowest BCUT2D eigenvalue weighted by Gasteiger charge is -2.45. The summed E-state index contributed by atoms with van der Waals surface area (Å²) >= 11 is 5.88. The van der Waals surface area contributed by atoms with Gasteiger partial charge in [-0.1, -0.05) is 11.6 Å². The summed E-state index contributed by atoms with van der Waals surface area (Å²) in [7, 11) is -1.07. The summed E-state index contributed by atoms with van der Waals surface area (Å²) in [6.45, 7) is 1.78. The summed E-state index contributed by atoms with van der Waals surface area (Å²) in [6, 6.07) is 0. The van der Waals surface area contributed by atoms with Crippen molar-refractivity contribution in [3.63, 3.8) is 0 Å². The van der Waals surface area contributed by atoms with Gasteiger partial charge in [-0.3, -0.25) is 4.21 Å². The molecule has 1 saturated carbocycles. The number of hydrogen-bond acceptors (Lipinski definition) is 7. The largest absolute Gasteiger partial charge is 0.396 e. The normalized spacial score (nSPS) is 29.7. The van der Waals surface area contributed by atoms with E-state index in [-0.39, 0.29) is 17.9 Å². The van der Waals surface area contributed by atoms with Crippen LogP contribution in [0.2, 0.25) is 5.02 Å². The Kier molecular flexibility index (Phi) is 4.60. The minimum Gasteiger partial charge on any atom is -0.396 e. The van der Waals surface area contributed by atoms with Gasteiger partial charge in [0, 0.05) is 55.4 Å². The van der Waals surface area contributed by atoms with E-state index in [2.05, 4.69) is 19.9 Å². The number of nitrogens with zero attached hydrogens (tertiary/aromatic N) is 5. The second-order valence-corrected chi connectivity index (χ2v) is 9.82. The first-order valence-corrected chi connectivity index (χ1v) is 11.4. The third kappa shape index (κ3) is 2.84. The van der Waals surface area contributed by atoms with Crippen molar-refractivity contribution < 1.29 is 9.32 Å². The van der Waals surface area contributed by atoms with E-state index in [0.29, 0.717) is 22.6 Å². The van der Waals surface area contributed by atoms with Crippen molar-refractivity contribution in [1.29, 1.82) is 0 Å². The number of fused-ring (bicyclic) bond motifs is 2. The first-order chi connectivity index (χ1) is 13.6. The van der Waals surface area contributed by atoms with Crippen LogP contribution in [0.1, 0.15) is 43.1 Å². The van der Waals surface area contributed by atoms with E-state index in [9.17, 15) is 9.32 Å².